The summed E-state index contributed by atoms with van der Waals surface area (Å²) in [5.74, 6) is 0.891. The highest BCUT2D eigenvalue weighted by Gasteiger charge is 2.08. The van der Waals surface area contributed by atoms with Gasteiger partial charge < -0.3 is 15.2 Å². The molecule has 0 aliphatic carbocycles. The molecule has 3 nitrogen and oxygen atoms in total. The number of hydrogen-bond donors (Lipinski definition) is 2. The van der Waals surface area contributed by atoms with Crippen molar-refractivity contribution < 1.29 is 9.84 Å². The van der Waals surface area contributed by atoms with Gasteiger partial charge in [-0.3, -0.25) is 0 Å². The zero-order valence-corrected chi connectivity index (χ0v) is 10.3. The Hall–Kier alpha value is -1.06. The van der Waals surface area contributed by atoms with Gasteiger partial charge in [0.15, 0.2) is 0 Å². The molecule has 3 heteroatoms. The molecular formula is C13H21NO2. The number of likely N-dealkylation sites (N-methyl/N-ethyl adjacent to an activating group) is 1. The largest absolute Gasteiger partial charge is 0.494 e. The third-order valence-corrected chi connectivity index (χ3v) is 2.47. The van der Waals surface area contributed by atoms with Gasteiger partial charge in [-0.2, -0.15) is 0 Å². The highest BCUT2D eigenvalue weighted by Crippen LogP contribution is 2.22. The molecule has 90 valence electrons. The molecule has 0 radical (unpaired) electrons. The van der Waals surface area contributed by atoms with Crippen molar-refractivity contribution in [1.82, 2.24) is 5.32 Å². The van der Waals surface area contributed by atoms with Crippen LogP contribution in [0.5, 0.6) is 5.75 Å². The number of ether oxygens (including phenoxy) is 1. The van der Waals surface area contributed by atoms with E-state index < -0.39 is 6.10 Å². The van der Waals surface area contributed by atoms with Crippen LogP contribution >= 0.6 is 0 Å². The van der Waals surface area contributed by atoms with E-state index in [4.69, 9.17) is 4.74 Å². The van der Waals surface area contributed by atoms with Crippen LogP contribution in [0.25, 0.3) is 0 Å². The van der Waals surface area contributed by atoms with Crippen molar-refractivity contribution in [3.63, 3.8) is 0 Å². The van der Waals surface area contributed by atoms with Crippen molar-refractivity contribution in [3.8, 4) is 5.75 Å². The van der Waals surface area contributed by atoms with Gasteiger partial charge in [-0.1, -0.05) is 13.0 Å². The van der Waals surface area contributed by atoms with Crippen molar-refractivity contribution in [1.29, 1.82) is 0 Å². The molecular weight excluding hydrogens is 202 g/mol. The normalized spacial score (nSPS) is 12.5. The molecule has 1 rings (SSSR count). The zero-order chi connectivity index (χ0) is 12.0. The molecule has 2 N–H and O–H groups in total. The van der Waals surface area contributed by atoms with Crippen LogP contribution in [0.15, 0.2) is 18.2 Å². The first-order valence-electron chi connectivity index (χ1n) is 5.81. The molecule has 0 spiro atoms. The Morgan fingerprint density at radius 3 is 2.69 bits per heavy atom. The Morgan fingerprint density at radius 1 is 1.38 bits per heavy atom. The van der Waals surface area contributed by atoms with E-state index in [-0.39, 0.29) is 0 Å². The summed E-state index contributed by atoms with van der Waals surface area (Å²) in [6, 6.07) is 5.82. The lowest BCUT2D eigenvalue weighted by Gasteiger charge is -2.14. The predicted octanol–water partition coefficient (Wildman–Crippen LogP) is 2.04. The molecule has 0 bridgehead atoms. The summed E-state index contributed by atoms with van der Waals surface area (Å²) in [5, 5.41) is 13.0. The van der Waals surface area contributed by atoms with Crippen LogP contribution in [0.3, 0.4) is 0 Å². The van der Waals surface area contributed by atoms with Crippen molar-refractivity contribution in [2.75, 3.05) is 19.7 Å². The molecule has 0 saturated heterocycles. The van der Waals surface area contributed by atoms with Crippen LogP contribution in [0.4, 0.5) is 0 Å². The van der Waals surface area contributed by atoms with Crippen LogP contribution in [0.2, 0.25) is 0 Å². The van der Waals surface area contributed by atoms with E-state index in [1.807, 2.05) is 39.0 Å². The lowest BCUT2D eigenvalue weighted by atomic mass is 10.1. The summed E-state index contributed by atoms with van der Waals surface area (Å²) in [4.78, 5) is 0. The van der Waals surface area contributed by atoms with Gasteiger partial charge in [-0.05, 0) is 43.7 Å². The fraction of sp³-hybridized carbons (Fsp3) is 0.538. The molecule has 1 atom stereocenters. The first-order valence-corrected chi connectivity index (χ1v) is 5.81. The average Bonchev–Trinajstić information content (AvgIpc) is 2.29. The third-order valence-electron chi connectivity index (χ3n) is 2.47. The van der Waals surface area contributed by atoms with Gasteiger partial charge in [0.25, 0.3) is 0 Å². The Balaban J connectivity index is 2.71. The number of hydrogen-bond acceptors (Lipinski definition) is 3. The molecule has 0 amide bonds. The monoisotopic (exact) mass is 223 g/mol. The minimum atomic E-state index is -0.450. The molecule has 1 aromatic carbocycles. The second kappa shape index (κ2) is 6.51. The molecule has 0 aromatic heterocycles. The Kier molecular flexibility index (Phi) is 5.29. The van der Waals surface area contributed by atoms with Gasteiger partial charge in [0, 0.05) is 6.54 Å². The lowest BCUT2D eigenvalue weighted by Crippen LogP contribution is -2.20. The summed E-state index contributed by atoms with van der Waals surface area (Å²) in [6.45, 7) is 8.11. The van der Waals surface area contributed by atoms with Gasteiger partial charge >= 0.3 is 0 Å². The number of benzene rings is 1. The molecule has 1 aromatic rings. The maximum Gasteiger partial charge on any atom is 0.122 e. The topological polar surface area (TPSA) is 41.5 Å². The van der Waals surface area contributed by atoms with Crippen molar-refractivity contribution >= 4 is 0 Å². The van der Waals surface area contributed by atoms with Crippen LogP contribution in [0.1, 0.15) is 31.1 Å². The standard InChI is InChI=1S/C13H21NO2/c1-4-14-9-12(15)11-6-7-13(16-5-2)10(3)8-11/h6-8,12,14-15H,4-5,9H2,1-3H3. The van der Waals surface area contributed by atoms with Crippen LogP contribution in [-0.4, -0.2) is 24.8 Å². The Morgan fingerprint density at radius 2 is 2.12 bits per heavy atom. The third kappa shape index (κ3) is 3.51. The van der Waals surface area contributed by atoms with Crippen LogP contribution in [-0.2, 0) is 0 Å². The number of aliphatic hydroxyl groups excluding tert-OH is 1. The number of aliphatic hydroxyl groups is 1. The molecule has 0 aliphatic heterocycles. The second-order valence-corrected chi connectivity index (χ2v) is 3.78. The summed E-state index contributed by atoms with van der Waals surface area (Å²) < 4.78 is 5.46. The van der Waals surface area contributed by atoms with E-state index in [1.54, 1.807) is 0 Å². The molecule has 16 heavy (non-hydrogen) atoms. The number of nitrogens with one attached hydrogen (secondary N) is 1. The molecule has 0 aliphatic rings. The summed E-state index contributed by atoms with van der Waals surface area (Å²) >= 11 is 0. The van der Waals surface area contributed by atoms with Gasteiger partial charge in [-0.15, -0.1) is 0 Å². The molecule has 0 saturated carbocycles. The van der Waals surface area contributed by atoms with Gasteiger partial charge in [0.1, 0.15) is 5.75 Å². The van der Waals surface area contributed by atoms with Gasteiger partial charge in [-0.25, -0.2) is 0 Å². The van der Waals surface area contributed by atoms with Crippen LogP contribution < -0.4 is 10.1 Å². The fourth-order valence-electron chi connectivity index (χ4n) is 1.60. The van der Waals surface area contributed by atoms with E-state index in [9.17, 15) is 5.11 Å². The number of aryl methyl sites for hydroxylation is 1. The molecule has 1 unspecified atom stereocenters. The van der Waals surface area contributed by atoms with E-state index in [1.165, 1.54) is 0 Å². The quantitative estimate of drug-likeness (QED) is 0.775. The number of rotatable bonds is 6. The van der Waals surface area contributed by atoms with E-state index in [0.717, 1.165) is 23.4 Å². The maximum atomic E-state index is 9.89. The summed E-state index contributed by atoms with van der Waals surface area (Å²) in [6.07, 6.45) is -0.450. The van der Waals surface area contributed by atoms with Crippen LogP contribution in [0, 0.1) is 6.92 Å². The highest BCUT2D eigenvalue weighted by molar-refractivity contribution is 5.37. The van der Waals surface area contributed by atoms with Crippen molar-refractivity contribution in [2.24, 2.45) is 0 Å². The summed E-state index contributed by atoms with van der Waals surface area (Å²) in [5.41, 5.74) is 2.00. The molecule has 0 heterocycles. The molecule has 0 fully saturated rings. The average molecular weight is 223 g/mol. The maximum absolute atomic E-state index is 9.89. The smallest absolute Gasteiger partial charge is 0.122 e. The Labute approximate surface area is 97.4 Å². The minimum Gasteiger partial charge on any atom is -0.494 e. The predicted molar refractivity (Wildman–Crippen MR) is 65.9 cm³/mol. The fourth-order valence-corrected chi connectivity index (χ4v) is 1.60. The lowest BCUT2D eigenvalue weighted by molar-refractivity contribution is 0.175. The highest BCUT2D eigenvalue weighted by atomic mass is 16.5. The first kappa shape index (κ1) is 13.0. The zero-order valence-electron chi connectivity index (χ0n) is 10.3. The second-order valence-electron chi connectivity index (χ2n) is 3.78. The Bertz CT molecular complexity index is 326. The first-order chi connectivity index (χ1) is 7.69. The van der Waals surface area contributed by atoms with E-state index >= 15 is 0 Å². The SMILES string of the molecule is CCNCC(O)c1ccc(OCC)c(C)c1. The minimum absolute atomic E-state index is 0.450. The van der Waals surface area contributed by atoms with E-state index in [2.05, 4.69) is 5.32 Å². The van der Waals surface area contributed by atoms with Crippen molar-refractivity contribution in [2.45, 2.75) is 26.9 Å². The van der Waals surface area contributed by atoms with Gasteiger partial charge in [0.05, 0.1) is 12.7 Å². The summed E-state index contributed by atoms with van der Waals surface area (Å²) in [7, 11) is 0. The van der Waals surface area contributed by atoms with Gasteiger partial charge in [0.2, 0.25) is 0 Å². The van der Waals surface area contributed by atoms with E-state index in [0.29, 0.717) is 13.2 Å². The van der Waals surface area contributed by atoms with Crippen molar-refractivity contribution in [3.05, 3.63) is 29.3 Å².